The maximum Gasteiger partial charge on any atom is 0.254 e. The van der Waals surface area contributed by atoms with Crippen molar-refractivity contribution in [2.24, 2.45) is 5.10 Å². The van der Waals surface area contributed by atoms with Crippen LogP contribution in [-0.4, -0.2) is 15.3 Å². The predicted octanol–water partition coefficient (Wildman–Crippen LogP) is 2.72. The summed E-state index contributed by atoms with van der Waals surface area (Å²) in [5, 5.41) is 4.46. The molecule has 0 radical (unpaired) electrons. The molecule has 3 rings (SSSR count). The highest BCUT2D eigenvalue weighted by Crippen LogP contribution is 2.22. The first-order chi connectivity index (χ1) is 10.1. The van der Waals surface area contributed by atoms with Gasteiger partial charge >= 0.3 is 0 Å². The van der Waals surface area contributed by atoms with Crippen molar-refractivity contribution in [3.63, 3.8) is 0 Å². The number of para-hydroxylation sites is 1. The number of nitrogens with zero attached hydrogens (tertiary/aromatic N) is 3. The summed E-state index contributed by atoms with van der Waals surface area (Å²) in [6.07, 6.45) is 1.71. The Morgan fingerprint density at radius 3 is 2.86 bits per heavy atom. The van der Waals surface area contributed by atoms with Gasteiger partial charge in [0.1, 0.15) is 5.71 Å². The molecular formula is C16H18N4O. The third-order valence-corrected chi connectivity index (χ3v) is 3.67. The Morgan fingerprint density at radius 1 is 1.33 bits per heavy atom. The highest BCUT2D eigenvalue weighted by atomic mass is 16.1. The van der Waals surface area contributed by atoms with Gasteiger partial charge in [-0.2, -0.15) is 5.10 Å². The first kappa shape index (κ1) is 13.5. The van der Waals surface area contributed by atoms with Gasteiger partial charge in [0.25, 0.3) is 5.56 Å². The second kappa shape index (κ2) is 5.52. The van der Waals surface area contributed by atoms with Crippen LogP contribution in [0.2, 0.25) is 0 Å². The van der Waals surface area contributed by atoms with E-state index in [-0.39, 0.29) is 11.6 Å². The number of anilines is 1. The zero-order chi connectivity index (χ0) is 14.8. The number of nitrogens with one attached hydrogen (secondary N) is 1. The van der Waals surface area contributed by atoms with Gasteiger partial charge in [-0.3, -0.25) is 14.8 Å². The van der Waals surface area contributed by atoms with E-state index in [4.69, 9.17) is 0 Å². The molecule has 0 saturated heterocycles. The number of fused-ring (bicyclic) bond motifs is 1. The van der Waals surface area contributed by atoms with E-state index < -0.39 is 0 Å². The van der Waals surface area contributed by atoms with Gasteiger partial charge in [0.15, 0.2) is 5.82 Å². The number of hydrogen-bond donors (Lipinski definition) is 1. The predicted molar refractivity (Wildman–Crippen MR) is 83.8 cm³/mol. The van der Waals surface area contributed by atoms with E-state index in [0.29, 0.717) is 5.82 Å². The van der Waals surface area contributed by atoms with Gasteiger partial charge in [-0.15, -0.1) is 0 Å². The number of aryl methyl sites for hydroxylation is 1. The van der Waals surface area contributed by atoms with Crippen molar-refractivity contribution in [2.75, 3.05) is 5.43 Å². The van der Waals surface area contributed by atoms with Crippen LogP contribution < -0.4 is 11.0 Å². The summed E-state index contributed by atoms with van der Waals surface area (Å²) in [5.41, 5.74) is 5.52. The van der Waals surface area contributed by atoms with E-state index >= 15 is 0 Å². The maximum absolute atomic E-state index is 12.2. The lowest BCUT2D eigenvalue weighted by Gasteiger charge is -2.25. The largest absolute Gasteiger partial charge is 0.289 e. The number of rotatable bonds is 2. The van der Waals surface area contributed by atoms with Crippen molar-refractivity contribution >= 4 is 11.4 Å². The summed E-state index contributed by atoms with van der Waals surface area (Å²) in [7, 11) is 0. The van der Waals surface area contributed by atoms with Gasteiger partial charge in [-0.05, 0) is 38.8 Å². The Balaban J connectivity index is 1.99. The van der Waals surface area contributed by atoms with Gasteiger partial charge in [0.2, 0.25) is 0 Å². The van der Waals surface area contributed by atoms with Gasteiger partial charge in [-0.1, -0.05) is 18.2 Å². The highest BCUT2D eigenvalue weighted by Gasteiger charge is 2.23. The van der Waals surface area contributed by atoms with Crippen molar-refractivity contribution < 1.29 is 0 Å². The lowest BCUT2D eigenvalue weighted by molar-refractivity contribution is 0.469. The quantitative estimate of drug-likeness (QED) is 0.862. The molecule has 0 bridgehead atoms. The van der Waals surface area contributed by atoms with Gasteiger partial charge < -0.3 is 0 Å². The van der Waals surface area contributed by atoms with Crippen molar-refractivity contribution in [1.29, 1.82) is 0 Å². The number of aromatic nitrogens is 2. The van der Waals surface area contributed by atoms with Crippen LogP contribution in [0.4, 0.5) is 5.69 Å². The molecular weight excluding hydrogens is 264 g/mol. The first-order valence-electron chi connectivity index (χ1n) is 7.13. The second-order valence-electron chi connectivity index (χ2n) is 5.35. The van der Waals surface area contributed by atoms with Crippen molar-refractivity contribution in [1.82, 2.24) is 9.55 Å². The molecule has 1 N–H and O–H groups in total. The Bertz CT molecular complexity index is 734. The summed E-state index contributed by atoms with van der Waals surface area (Å²) < 4.78 is 1.74. The average molecular weight is 282 g/mol. The molecule has 0 fully saturated rings. The zero-order valence-corrected chi connectivity index (χ0v) is 12.2. The normalized spacial score (nSPS) is 19.3. The number of hydrazone groups is 1. The molecule has 0 spiro atoms. The molecule has 1 unspecified atom stereocenters. The molecule has 1 aliphatic heterocycles. The molecule has 1 atom stereocenters. The Hall–Kier alpha value is -2.43. The molecule has 5 nitrogen and oxygen atoms in total. The molecule has 1 aromatic heterocycles. The van der Waals surface area contributed by atoms with E-state index in [9.17, 15) is 4.79 Å². The molecule has 5 heteroatoms. The molecule has 1 aromatic carbocycles. The number of hydrogen-bond acceptors (Lipinski definition) is 4. The van der Waals surface area contributed by atoms with Crippen LogP contribution in [-0.2, 0) is 0 Å². The topological polar surface area (TPSA) is 59.3 Å². The second-order valence-corrected chi connectivity index (χ2v) is 5.35. The zero-order valence-electron chi connectivity index (χ0n) is 12.2. The lowest BCUT2D eigenvalue weighted by Crippen LogP contribution is -2.34. The molecule has 0 saturated carbocycles. The fourth-order valence-corrected chi connectivity index (χ4v) is 2.57. The Morgan fingerprint density at radius 2 is 2.10 bits per heavy atom. The van der Waals surface area contributed by atoms with Crippen LogP contribution in [0.3, 0.4) is 0 Å². The summed E-state index contributed by atoms with van der Waals surface area (Å²) in [6.45, 7) is 3.88. The van der Waals surface area contributed by atoms with E-state index in [0.717, 1.165) is 29.9 Å². The van der Waals surface area contributed by atoms with Crippen LogP contribution >= 0.6 is 0 Å². The van der Waals surface area contributed by atoms with Crippen LogP contribution in [0.1, 0.15) is 37.3 Å². The molecule has 1 aliphatic rings. The van der Waals surface area contributed by atoms with Gasteiger partial charge in [-0.25, -0.2) is 4.98 Å². The Labute approximate surface area is 123 Å². The van der Waals surface area contributed by atoms with E-state index in [1.165, 1.54) is 0 Å². The summed E-state index contributed by atoms with van der Waals surface area (Å²) in [6, 6.07) is 11.5. The summed E-state index contributed by atoms with van der Waals surface area (Å²) in [5.74, 6) is 0.683. The minimum Gasteiger partial charge on any atom is -0.289 e. The van der Waals surface area contributed by atoms with E-state index in [2.05, 4.69) is 15.5 Å². The smallest absolute Gasteiger partial charge is 0.254 e. The first-order valence-corrected chi connectivity index (χ1v) is 7.13. The van der Waals surface area contributed by atoms with Crippen LogP contribution in [0.5, 0.6) is 0 Å². The molecule has 2 heterocycles. The minimum absolute atomic E-state index is 0.00267. The summed E-state index contributed by atoms with van der Waals surface area (Å²) in [4.78, 5) is 16.7. The minimum atomic E-state index is -0.00267. The van der Waals surface area contributed by atoms with Crippen molar-refractivity contribution in [3.8, 4) is 0 Å². The Kier molecular flexibility index (Phi) is 3.56. The fourth-order valence-electron chi connectivity index (χ4n) is 2.57. The van der Waals surface area contributed by atoms with Crippen molar-refractivity contribution in [2.45, 2.75) is 32.7 Å². The molecule has 21 heavy (non-hydrogen) atoms. The van der Waals surface area contributed by atoms with E-state index in [1.54, 1.807) is 10.6 Å². The SMILES string of the molecule is Cc1cc(=O)n2c(n1)/C(=N/Nc1ccccc1)CCC2C. The highest BCUT2D eigenvalue weighted by molar-refractivity contribution is 5.98. The van der Waals surface area contributed by atoms with Crippen molar-refractivity contribution in [3.05, 3.63) is 58.3 Å². The maximum atomic E-state index is 12.2. The van der Waals surface area contributed by atoms with E-state index in [1.807, 2.05) is 44.2 Å². The molecule has 0 aliphatic carbocycles. The monoisotopic (exact) mass is 282 g/mol. The van der Waals surface area contributed by atoms with Crippen LogP contribution in [0.25, 0.3) is 0 Å². The van der Waals surface area contributed by atoms with Gasteiger partial charge in [0, 0.05) is 17.8 Å². The average Bonchev–Trinajstić information content (AvgIpc) is 2.47. The van der Waals surface area contributed by atoms with Crippen LogP contribution in [0.15, 0.2) is 46.3 Å². The third-order valence-electron chi connectivity index (χ3n) is 3.67. The molecule has 2 aromatic rings. The summed E-state index contributed by atoms with van der Waals surface area (Å²) >= 11 is 0. The standard InChI is InChI=1S/C16H18N4O/c1-11-10-15(21)20-12(2)8-9-14(16(20)17-11)19-18-13-6-4-3-5-7-13/h3-7,10,12,18H,8-9H2,1-2H3/b19-14+. The fraction of sp³-hybridized carbons (Fsp3) is 0.312. The third kappa shape index (κ3) is 2.72. The lowest BCUT2D eigenvalue weighted by atomic mass is 10.0. The van der Waals surface area contributed by atoms with Crippen LogP contribution in [0, 0.1) is 6.92 Å². The molecule has 108 valence electrons. The number of benzene rings is 1. The van der Waals surface area contributed by atoms with Gasteiger partial charge in [0.05, 0.1) is 5.69 Å². The molecule has 0 amide bonds.